The summed E-state index contributed by atoms with van der Waals surface area (Å²) in [5, 5.41) is 3.11. The maximum atomic E-state index is 13.2. The summed E-state index contributed by atoms with van der Waals surface area (Å²) < 4.78 is 33.0. The zero-order chi connectivity index (χ0) is 13.8. The number of halogens is 2. The maximum Gasteiger partial charge on any atom is 0.207 e. The molecule has 0 fully saturated rings. The van der Waals surface area contributed by atoms with E-state index in [-0.39, 0.29) is 6.04 Å². The zero-order valence-corrected chi connectivity index (χ0v) is 10.7. The molecular formula is C13H15F2N3O. The van der Waals surface area contributed by atoms with E-state index in [2.05, 4.69) is 10.3 Å². The number of nitrogens with one attached hydrogen (secondary N) is 1. The fourth-order valence-electron chi connectivity index (χ4n) is 1.81. The molecule has 102 valence electrons. The summed E-state index contributed by atoms with van der Waals surface area (Å²) in [6.07, 6.45) is 3.20. The predicted octanol–water partition coefficient (Wildman–Crippen LogP) is 2.60. The van der Waals surface area contributed by atoms with Gasteiger partial charge in [0.1, 0.15) is 11.6 Å². The van der Waals surface area contributed by atoms with Gasteiger partial charge in [0.05, 0.1) is 12.3 Å². The largest absolute Gasteiger partial charge is 0.383 e. The fraction of sp³-hybridized carbons (Fsp3) is 0.308. The molecule has 2 rings (SSSR count). The van der Waals surface area contributed by atoms with Crippen LogP contribution in [0.5, 0.6) is 0 Å². The Morgan fingerprint density at radius 3 is 2.63 bits per heavy atom. The minimum Gasteiger partial charge on any atom is -0.383 e. The summed E-state index contributed by atoms with van der Waals surface area (Å²) in [6.45, 7) is 2.43. The first-order valence-corrected chi connectivity index (χ1v) is 5.85. The Bertz CT molecular complexity index is 536. The van der Waals surface area contributed by atoms with Gasteiger partial charge in [0.15, 0.2) is 0 Å². The van der Waals surface area contributed by atoms with Crippen molar-refractivity contribution in [2.75, 3.05) is 19.0 Å². The molecule has 0 saturated heterocycles. The van der Waals surface area contributed by atoms with Crippen molar-refractivity contribution in [2.45, 2.75) is 13.0 Å². The van der Waals surface area contributed by atoms with Crippen molar-refractivity contribution in [1.82, 2.24) is 9.55 Å². The van der Waals surface area contributed by atoms with Crippen LogP contribution in [0.4, 0.5) is 14.7 Å². The van der Waals surface area contributed by atoms with Crippen LogP contribution in [0.25, 0.3) is 5.69 Å². The van der Waals surface area contributed by atoms with Gasteiger partial charge in [0.25, 0.3) is 0 Å². The summed E-state index contributed by atoms with van der Waals surface area (Å²) in [4.78, 5) is 4.13. The highest BCUT2D eigenvalue weighted by Gasteiger charge is 2.10. The molecule has 1 unspecified atom stereocenters. The number of rotatable bonds is 5. The molecule has 1 heterocycles. The first kappa shape index (κ1) is 13.5. The highest BCUT2D eigenvalue weighted by atomic mass is 19.1. The van der Waals surface area contributed by atoms with Gasteiger partial charge in [-0.2, -0.15) is 0 Å². The van der Waals surface area contributed by atoms with Crippen LogP contribution in [0, 0.1) is 11.6 Å². The Morgan fingerprint density at radius 2 is 2.00 bits per heavy atom. The third kappa shape index (κ3) is 3.29. The van der Waals surface area contributed by atoms with Crippen molar-refractivity contribution in [3.8, 4) is 5.69 Å². The van der Waals surface area contributed by atoms with Gasteiger partial charge >= 0.3 is 0 Å². The Hall–Kier alpha value is -1.95. The van der Waals surface area contributed by atoms with Crippen LogP contribution in [0.1, 0.15) is 6.92 Å². The molecule has 4 nitrogen and oxygen atoms in total. The first-order chi connectivity index (χ1) is 9.10. The maximum absolute atomic E-state index is 13.2. The topological polar surface area (TPSA) is 39.1 Å². The molecule has 1 N–H and O–H groups in total. The van der Waals surface area contributed by atoms with E-state index in [1.807, 2.05) is 6.92 Å². The molecule has 0 radical (unpaired) electrons. The Balaban J connectivity index is 2.28. The highest BCUT2D eigenvalue weighted by Crippen LogP contribution is 2.17. The first-order valence-electron chi connectivity index (χ1n) is 5.85. The second-order valence-electron chi connectivity index (χ2n) is 4.25. The second-order valence-corrected chi connectivity index (χ2v) is 4.25. The number of hydrogen-bond donors (Lipinski definition) is 1. The van der Waals surface area contributed by atoms with E-state index in [9.17, 15) is 8.78 Å². The lowest BCUT2D eigenvalue weighted by Crippen LogP contribution is -2.22. The summed E-state index contributed by atoms with van der Waals surface area (Å²) in [5.41, 5.74) is 0.377. The number of hydrogen-bond acceptors (Lipinski definition) is 3. The van der Waals surface area contributed by atoms with Crippen LogP contribution < -0.4 is 5.32 Å². The number of ether oxygens (including phenoxy) is 1. The molecule has 19 heavy (non-hydrogen) atoms. The molecule has 0 aliphatic carbocycles. The molecule has 6 heteroatoms. The van der Waals surface area contributed by atoms with E-state index in [1.165, 1.54) is 12.1 Å². The molecule has 1 aromatic heterocycles. The van der Waals surface area contributed by atoms with Crippen LogP contribution in [0.3, 0.4) is 0 Å². The van der Waals surface area contributed by atoms with Crippen LogP contribution in [0.15, 0.2) is 30.6 Å². The van der Waals surface area contributed by atoms with Gasteiger partial charge in [-0.3, -0.25) is 4.57 Å². The molecule has 0 saturated carbocycles. The quantitative estimate of drug-likeness (QED) is 0.905. The Morgan fingerprint density at radius 1 is 1.32 bits per heavy atom. The summed E-state index contributed by atoms with van der Waals surface area (Å²) >= 11 is 0. The van der Waals surface area contributed by atoms with E-state index in [0.717, 1.165) is 6.07 Å². The summed E-state index contributed by atoms with van der Waals surface area (Å²) in [6, 6.07) is 3.36. The van der Waals surface area contributed by atoms with Crippen LogP contribution >= 0.6 is 0 Å². The molecule has 0 aliphatic rings. The van der Waals surface area contributed by atoms with Gasteiger partial charge in [0.2, 0.25) is 5.95 Å². The lowest BCUT2D eigenvalue weighted by molar-refractivity contribution is 0.190. The Kier molecular flexibility index (Phi) is 4.11. The van der Waals surface area contributed by atoms with Crippen LogP contribution in [-0.2, 0) is 4.74 Å². The SMILES string of the molecule is COCC(C)Nc1nccn1-c1cc(F)cc(F)c1. The second kappa shape index (κ2) is 5.79. The van der Waals surface area contributed by atoms with Crippen molar-refractivity contribution in [1.29, 1.82) is 0 Å². The number of imidazole rings is 1. The number of nitrogens with zero attached hydrogens (tertiary/aromatic N) is 2. The fourth-order valence-corrected chi connectivity index (χ4v) is 1.81. The molecule has 2 aromatic rings. The van der Waals surface area contributed by atoms with E-state index >= 15 is 0 Å². The third-order valence-corrected chi connectivity index (χ3v) is 2.56. The molecule has 0 amide bonds. The van der Waals surface area contributed by atoms with E-state index in [0.29, 0.717) is 18.2 Å². The van der Waals surface area contributed by atoms with Gasteiger partial charge in [-0.15, -0.1) is 0 Å². The zero-order valence-electron chi connectivity index (χ0n) is 10.7. The van der Waals surface area contributed by atoms with Crippen molar-refractivity contribution in [2.24, 2.45) is 0 Å². The van der Waals surface area contributed by atoms with Crippen LogP contribution in [-0.4, -0.2) is 29.3 Å². The number of anilines is 1. The van der Waals surface area contributed by atoms with Crippen molar-refractivity contribution in [3.05, 3.63) is 42.2 Å². The molecule has 0 bridgehead atoms. The molecule has 1 aromatic carbocycles. The number of methoxy groups -OCH3 is 1. The summed E-state index contributed by atoms with van der Waals surface area (Å²) in [7, 11) is 1.60. The van der Waals surface area contributed by atoms with Crippen molar-refractivity contribution < 1.29 is 13.5 Å². The number of aromatic nitrogens is 2. The molecule has 0 spiro atoms. The minimum absolute atomic E-state index is 0.0320. The highest BCUT2D eigenvalue weighted by molar-refractivity contribution is 5.42. The van der Waals surface area contributed by atoms with Crippen LogP contribution in [0.2, 0.25) is 0 Å². The lowest BCUT2D eigenvalue weighted by Gasteiger charge is -2.15. The lowest BCUT2D eigenvalue weighted by atomic mass is 10.3. The van der Waals surface area contributed by atoms with Gasteiger partial charge in [0, 0.05) is 31.6 Å². The summed E-state index contributed by atoms with van der Waals surface area (Å²) in [5.74, 6) is -0.742. The molecule has 0 aliphatic heterocycles. The standard InChI is InChI=1S/C13H15F2N3O/c1-9(8-19-2)17-13-16-3-4-18(13)12-6-10(14)5-11(15)7-12/h3-7,9H,8H2,1-2H3,(H,16,17). The van der Waals surface area contributed by atoms with Crippen molar-refractivity contribution in [3.63, 3.8) is 0 Å². The molecule has 1 atom stereocenters. The van der Waals surface area contributed by atoms with E-state index in [1.54, 1.807) is 24.1 Å². The van der Waals surface area contributed by atoms with E-state index in [4.69, 9.17) is 4.74 Å². The normalized spacial score (nSPS) is 12.4. The Labute approximate surface area is 110 Å². The average molecular weight is 267 g/mol. The van der Waals surface area contributed by atoms with Gasteiger partial charge in [-0.25, -0.2) is 13.8 Å². The van der Waals surface area contributed by atoms with Gasteiger partial charge in [-0.1, -0.05) is 0 Å². The van der Waals surface area contributed by atoms with Gasteiger partial charge in [-0.05, 0) is 19.1 Å². The molecular weight excluding hydrogens is 252 g/mol. The monoisotopic (exact) mass is 267 g/mol. The average Bonchev–Trinajstić information content (AvgIpc) is 2.76. The smallest absolute Gasteiger partial charge is 0.207 e. The third-order valence-electron chi connectivity index (χ3n) is 2.56. The van der Waals surface area contributed by atoms with Crippen molar-refractivity contribution >= 4 is 5.95 Å². The number of benzene rings is 1. The minimum atomic E-state index is -0.625. The predicted molar refractivity (Wildman–Crippen MR) is 68.4 cm³/mol. The van der Waals surface area contributed by atoms with E-state index < -0.39 is 11.6 Å². The van der Waals surface area contributed by atoms with Gasteiger partial charge < -0.3 is 10.1 Å².